The molecule has 1 unspecified atom stereocenters. The van der Waals surface area contributed by atoms with Crippen LogP contribution >= 0.6 is 12.4 Å². The van der Waals surface area contributed by atoms with E-state index >= 15 is 0 Å². The van der Waals surface area contributed by atoms with Gasteiger partial charge in [-0.05, 0) is 66.6 Å². The summed E-state index contributed by atoms with van der Waals surface area (Å²) in [7, 11) is 1.67. The standard InChI is InChI=1S/C25H29N5O2.ClH/c1-25(2,3)30-24(26-27-28-30)23(20-12-14-21(31-4)15-13-20)29(18-22-11-8-16-32-22)17-19-9-6-5-7-10-19;/h5-16,23H,17-18H2,1-4H3;1H. The highest BCUT2D eigenvalue weighted by molar-refractivity contribution is 5.85. The number of furan rings is 1. The quantitative estimate of drug-likeness (QED) is 0.353. The maximum absolute atomic E-state index is 5.72. The van der Waals surface area contributed by atoms with Crippen LogP contribution in [0.1, 0.15) is 49.5 Å². The molecule has 4 rings (SSSR count). The molecule has 0 spiro atoms. The van der Waals surface area contributed by atoms with Crippen LogP contribution in [0.4, 0.5) is 0 Å². The fourth-order valence-electron chi connectivity index (χ4n) is 3.81. The van der Waals surface area contributed by atoms with Crippen LogP contribution in [-0.4, -0.2) is 32.2 Å². The molecule has 0 amide bonds. The lowest BCUT2D eigenvalue weighted by atomic mass is 10.0. The number of rotatable bonds is 8. The second-order valence-electron chi connectivity index (χ2n) is 8.77. The highest BCUT2D eigenvalue weighted by Crippen LogP contribution is 2.33. The summed E-state index contributed by atoms with van der Waals surface area (Å²) in [5.74, 6) is 2.47. The predicted molar refractivity (Wildman–Crippen MR) is 129 cm³/mol. The number of hydrogen-bond acceptors (Lipinski definition) is 6. The summed E-state index contributed by atoms with van der Waals surface area (Å²) >= 11 is 0. The molecule has 2 heterocycles. The van der Waals surface area contributed by atoms with Gasteiger partial charge in [0.05, 0.1) is 31.5 Å². The number of methoxy groups -OCH3 is 1. The third-order valence-corrected chi connectivity index (χ3v) is 5.34. The van der Waals surface area contributed by atoms with Gasteiger partial charge in [-0.25, -0.2) is 4.68 Å². The molecule has 0 aliphatic carbocycles. The first-order chi connectivity index (χ1) is 15.5. The fraction of sp³-hybridized carbons (Fsp3) is 0.320. The second kappa shape index (κ2) is 10.6. The molecule has 174 valence electrons. The summed E-state index contributed by atoms with van der Waals surface area (Å²) in [5.41, 5.74) is 2.01. The zero-order chi connectivity index (χ0) is 22.6. The normalized spacial score (nSPS) is 12.4. The van der Waals surface area contributed by atoms with E-state index in [0.717, 1.165) is 22.9 Å². The van der Waals surface area contributed by atoms with Gasteiger partial charge in [-0.15, -0.1) is 17.5 Å². The number of aromatic nitrogens is 4. The number of benzene rings is 2. The van der Waals surface area contributed by atoms with Gasteiger partial charge < -0.3 is 9.15 Å². The van der Waals surface area contributed by atoms with Gasteiger partial charge in [-0.1, -0.05) is 42.5 Å². The van der Waals surface area contributed by atoms with Crippen molar-refractivity contribution >= 4 is 12.4 Å². The van der Waals surface area contributed by atoms with Crippen molar-refractivity contribution < 1.29 is 9.15 Å². The maximum Gasteiger partial charge on any atom is 0.173 e. The van der Waals surface area contributed by atoms with E-state index in [9.17, 15) is 0 Å². The van der Waals surface area contributed by atoms with Gasteiger partial charge >= 0.3 is 0 Å². The Balaban J connectivity index is 0.00000306. The van der Waals surface area contributed by atoms with Crippen LogP contribution in [0, 0.1) is 0 Å². The molecule has 1 atom stereocenters. The Morgan fingerprint density at radius 2 is 1.70 bits per heavy atom. The number of ether oxygens (including phenoxy) is 1. The first-order valence-corrected chi connectivity index (χ1v) is 10.7. The molecule has 0 saturated heterocycles. The maximum atomic E-state index is 5.72. The lowest BCUT2D eigenvalue weighted by molar-refractivity contribution is 0.172. The van der Waals surface area contributed by atoms with Crippen LogP contribution in [0.15, 0.2) is 77.4 Å². The van der Waals surface area contributed by atoms with Crippen LogP contribution in [0.25, 0.3) is 0 Å². The molecule has 0 N–H and O–H groups in total. The third kappa shape index (κ3) is 5.80. The van der Waals surface area contributed by atoms with Gasteiger partial charge in [0, 0.05) is 6.54 Å². The Labute approximate surface area is 200 Å². The van der Waals surface area contributed by atoms with E-state index in [0.29, 0.717) is 13.1 Å². The van der Waals surface area contributed by atoms with Crippen LogP contribution in [0.2, 0.25) is 0 Å². The fourth-order valence-corrected chi connectivity index (χ4v) is 3.81. The van der Waals surface area contributed by atoms with Crippen molar-refractivity contribution in [1.82, 2.24) is 25.1 Å². The van der Waals surface area contributed by atoms with Gasteiger partial charge in [-0.2, -0.15) is 0 Å². The topological polar surface area (TPSA) is 69.2 Å². The van der Waals surface area contributed by atoms with Gasteiger partial charge in [0.25, 0.3) is 0 Å². The average Bonchev–Trinajstić information content (AvgIpc) is 3.47. The molecule has 8 heteroatoms. The van der Waals surface area contributed by atoms with Crippen molar-refractivity contribution in [1.29, 1.82) is 0 Å². The minimum absolute atomic E-state index is 0. The SMILES string of the molecule is COc1ccc(C(c2nnnn2C(C)(C)C)N(Cc2ccccc2)Cc2ccco2)cc1.Cl. The van der Waals surface area contributed by atoms with Crippen molar-refractivity contribution in [2.45, 2.75) is 45.4 Å². The predicted octanol–water partition coefficient (Wildman–Crippen LogP) is 5.24. The molecule has 0 saturated carbocycles. The molecule has 0 aliphatic heterocycles. The van der Waals surface area contributed by atoms with E-state index in [1.54, 1.807) is 13.4 Å². The smallest absolute Gasteiger partial charge is 0.173 e. The van der Waals surface area contributed by atoms with E-state index in [-0.39, 0.29) is 24.0 Å². The van der Waals surface area contributed by atoms with E-state index in [1.165, 1.54) is 5.56 Å². The molecule has 33 heavy (non-hydrogen) atoms. The largest absolute Gasteiger partial charge is 0.497 e. The number of halogens is 1. The summed E-state index contributed by atoms with van der Waals surface area (Å²) in [6, 6.07) is 22.2. The molecule has 2 aromatic heterocycles. The second-order valence-corrected chi connectivity index (χ2v) is 8.77. The highest BCUT2D eigenvalue weighted by Gasteiger charge is 2.32. The Kier molecular flexibility index (Phi) is 7.89. The summed E-state index contributed by atoms with van der Waals surface area (Å²) in [5, 5.41) is 12.9. The first kappa shape index (κ1) is 24.5. The van der Waals surface area contributed by atoms with Crippen molar-refractivity contribution in [3.05, 3.63) is 95.7 Å². The Morgan fingerprint density at radius 3 is 2.30 bits per heavy atom. The molecule has 0 bridgehead atoms. The molecule has 4 aromatic rings. The van der Waals surface area contributed by atoms with Gasteiger partial charge in [-0.3, -0.25) is 4.90 Å². The van der Waals surface area contributed by atoms with Crippen molar-refractivity contribution in [3.63, 3.8) is 0 Å². The summed E-state index contributed by atoms with van der Waals surface area (Å²) in [6.07, 6.45) is 1.71. The Hall–Kier alpha value is -3.16. The third-order valence-electron chi connectivity index (χ3n) is 5.34. The highest BCUT2D eigenvalue weighted by atomic mass is 35.5. The number of hydrogen-bond donors (Lipinski definition) is 0. The zero-order valence-electron chi connectivity index (χ0n) is 19.4. The van der Waals surface area contributed by atoms with E-state index in [2.05, 4.69) is 77.6 Å². The average molecular weight is 468 g/mol. The van der Waals surface area contributed by atoms with Crippen molar-refractivity contribution in [2.75, 3.05) is 7.11 Å². The summed E-state index contributed by atoms with van der Waals surface area (Å²) in [6.45, 7) is 7.62. The monoisotopic (exact) mass is 467 g/mol. The van der Waals surface area contributed by atoms with Crippen LogP contribution in [0.3, 0.4) is 0 Å². The zero-order valence-corrected chi connectivity index (χ0v) is 20.2. The lowest BCUT2D eigenvalue weighted by Crippen LogP contribution is -2.34. The van der Waals surface area contributed by atoms with E-state index in [1.807, 2.05) is 35.0 Å². The molecule has 7 nitrogen and oxygen atoms in total. The molecular formula is C25H30ClN5O2. The minimum atomic E-state index is -0.271. The first-order valence-electron chi connectivity index (χ1n) is 10.7. The molecular weight excluding hydrogens is 438 g/mol. The van der Waals surface area contributed by atoms with Crippen LogP contribution in [0.5, 0.6) is 5.75 Å². The molecule has 0 fully saturated rings. The minimum Gasteiger partial charge on any atom is -0.497 e. The number of tetrazole rings is 1. The van der Waals surface area contributed by atoms with Crippen LogP contribution in [-0.2, 0) is 18.6 Å². The van der Waals surface area contributed by atoms with E-state index < -0.39 is 0 Å². The molecule has 0 radical (unpaired) electrons. The van der Waals surface area contributed by atoms with Gasteiger partial charge in [0.1, 0.15) is 11.5 Å². The summed E-state index contributed by atoms with van der Waals surface area (Å²) in [4.78, 5) is 2.34. The lowest BCUT2D eigenvalue weighted by Gasteiger charge is -2.32. The van der Waals surface area contributed by atoms with Crippen molar-refractivity contribution in [2.24, 2.45) is 0 Å². The summed E-state index contributed by atoms with van der Waals surface area (Å²) < 4.78 is 13.0. The molecule has 0 aliphatic rings. The van der Waals surface area contributed by atoms with Gasteiger partial charge in [0.2, 0.25) is 0 Å². The number of nitrogens with zero attached hydrogens (tertiary/aromatic N) is 5. The Bertz CT molecular complexity index is 1110. The Morgan fingerprint density at radius 1 is 0.970 bits per heavy atom. The van der Waals surface area contributed by atoms with Crippen LogP contribution < -0.4 is 4.74 Å². The van der Waals surface area contributed by atoms with E-state index in [4.69, 9.17) is 9.15 Å². The van der Waals surface area contributed by atoms with Gasteiger partial charge in [0.15, 0.2) is 5.82 Å². The van der Waals surface area contributed by atoms with Crippen molar-refractivity contribution in [3.8, 4) is 5.75 Å². The molecule has 2 aromatic carbocycles.